The van der Waals surface area contributed by atoms with Crippen molar-refractivity contribution in [3.63, 3.8) is 0 Å². The van der Waals surface area contributed by atoms with Gasteiger partial charge < -0.3 is 15.8 Å². The molecular weight excluding hydrogens is 331 g/mol. The topological polar surface area (TPSA) is 64.4 Å². The minimum absolute atomic E-state index is 0.0670. The molecule has 0 radical (unpaired) electrons. The van der Waals surface area contributed by atoms with E-state index in [0.29, 0.717) is 30.7 Å². The average Bonchev–Trinajstić information content (AvgIpc) is 3.05. The molecule has 1 aliphatic heterocycles. The summed E-state index contributed by atoms with van der Waals surface area (Å²) in [6, 6.07) is 11.5. The van der Waals surface area contributed by atoms with E-state index in [1.807, 2.05) is 12.1 Å². The van der Waals surface area contributed by atoms with Gasteiger partial charge in [-0.3, -0.25) is 4.79 Å². The van der Waals surface area contributed by atoms with Crippen LogP contribution in [0, 0.1) is 5.82 Å². The van der Waals surface area contributed by atoms with Crippen LogP contribution in [-0.4, -0.2) is 18.6 Å². The molecule has 2 atom stereocenters. The van der Waals surface area contributed by atoms with E-state index in [4.69, 9.17) is 22.1 Å². The summed E-state index contributed by atoms with van der Waals surface area (Å²) in [5.74, 6) is -0.680. The zero-order valence-electron chi connectivity index (χ0n) is 13.0. The molecule has 126 valence electrons. The number of nitrogens with one attached hydrogen (secondary N) is 1. The lowest BCUT2D eigenvalue weighted by Gasteiger charge is -2.20. The van der Waals surface area contributed by atoms with Crippen LogP contribution in [0.2, 0.25) is 5.02 Å². The zero-order valence-corrected chi connectivity index (χ0v) is 13.7. The van der Waals surface area contributed by atoms with Gasteiger partial charge in [0.1, 0.15) is 11.9 Å². The summed E-state index contributed by atoms with van der Waals surface area (Å²) in [7, 11) is 0. The number of ether oxygens (including phenoxy) is 1. The lowest BCUT2D eigenvalue weighted by molar-refractivity contribution is 0.0821. The van der Waals surface area contributed by atoms with E-state index in [1.54, 1.807) is 18.2 Å². The van der Waals surface area contributed by atoms with Gasteiger partial charge in [0.25, 0.3) is 5.91 Å². The number of carbonyl (C=O) groups is 1. The molecule has 0 aliphatic carbocycles. The van der Waals surface area contributed by atoms with Crippen LogP contribution in [0.25, 0.3) is 0 Å². The van der Waals surface area contributed by atoms with Crippen LogP contribution < -0.4 is 11.1 Å². The van der Waals surface area contributed by atoms with Crippen molar-refractivity contribution in [2.45, 2.75) is 25.1 Å². The van der Waals surface area contributed by atoms with Crippen LogP contribution in [-0.2, 0) is 11.3 Å². The maximum Gasteiger partial charge on any atom is 0.251 e. The van der Waals surface area contributed by atoms with Crippen LogP contribution in [0.4, 0.5) is 4.39 Å². The van der Waals surface area contributed by atoms with Crippen LogP contribution in [0.1, 0.15) is 34.0 Å². The Morgan fingerprint density at radius 1 is 1.29 bits per heavy atom. The number of hydrogen-bond acceptors (Lipinski definition) is 3. The normalized spacial score (nSPS) is 20.1. The van der Waals surface area contributed by atoms with Crippen molar-refractivity contribution in [1.29, 1.82) is 0 Å². The van der Waals surface area contributed by atoms with Gasteiger partial charge in [-0.1, -0.05) is 29.8 Å². The summed E-state index contributed by atoms with van der Waals surface area (Å²) in [6.07, 6.45) is 0.283. The van der Waals surface area contributed by atoms with Crippen LogP contribution in [0.5, 0.6) is 0 Å². The molecule has 0 aromatic heterocycles. The first-order valence-corrected chi connectivity index (χ1v) is 8.12. The molecule has 1 amide bonds. The van der Waals surface area contributed by atoms with Gasteiger partial charge in [-0.15, -0.1) is 0 Å². The molecule has 0 saturated carbocycles. The highest BCUT2D eigenvalue weighted by Gasteiger charge is 2.31. The van der Waals surface area contributed by atoms with Crippen LogP contribution >= 0.6 is 11.6 Å². The highest BCUT2D eigenvalue weighted by atomic mass is 35.5. The SMILES string of the molecule is NCc1ccc(C(=O)NC2CCOC2c2ccc(Cl)c(F)c2)cc1. The van der Waals surface area contributed by atoms with E-state index < -0.39 is 5.82 Å². The molecule has 2 aromatic carbocycles. The maximum absolute atomic E-state index is 13.7. The number of amides is 1. The van der Waals surface area contributed by atoms with Crippen molar-refractivity contribution in [2.24, 2.45) is 5.73 Å². The molecule has 1 aliphatic rings. The third kappa shape index (κ3) is 3.59. The van der Waals surface area contributed by atoms with E-state index in [2.05, 4.69) is 5.32 Å². The first-order chi connectivity index (χ1) is 11.6. The molecule has 24 heavy (non-hydrogen) atoms. The lowest BCUT2D eigenvalue weighted by atomic mass is 10.0. The molecule has 1 heterocycles. The fourth-order valence-electron chi connectivity index (χ4n) is 2.80. The van der Waals surface area contributed by atoms with Crippen molar-refractivity contribution < 1.29 is 13.9 Å². The number of benzene rings is 2. The Hall–Kier alpha value is -1.95. The summed E-state index contributed by atoms with van der Waals surface area (Å²) in [4.78, 5) is 12.4. The van der Waals surface area contributed by atoms with E-state index in [-0.39, 0.29) is 23.1 Å². The van der Waals surface area contributed by atoms with Crippen LogP contribution in [0.15, 0.2) is 42.5 Å². The Kier molecular flexibility index (Phi) is 5.14. The fraction of sp³-hybridized carbons (Fsp3) is 0.278. The van der Waals surface area contributed by atoms with Gasteiger partial charge in [0.2, 0.25) is 0 Å². The Labute approximate surface area is 144 Å². The highest BCUT2D eigenvalue weighted by Crippen LogP contribution is 2.31. The summed E-state index contributed by atoms with van der Waals surface area (Å²) < 4.78 is 19.4. The Bertz CT molecular complexity index is 736. The second-order valence-electron chi connectivity index (χ2n) is 5.73. The maximum atomic E-state index is 13.7. The molecular formula is C18H18ClFN2O2. The van der Waals surface area contributed by atoms with E-state index in [0.717, 1.165) is 5.56 Å². The number of hydrogen-bond donors (Lipinski definition) is 2. The number of carbonyl (C=O) groups excluding carboxylic acids is 1. The van der Waals surface area contributed by atoms with Crippen molar-refractivity contribution >= 4 is 17.5 Å². The minimum Gasteiger partial charge on any atom is -0.371 e. The van der Waals surface area contributed by atoms with Gasteiger partial charge in [0.05, 0.1) is 11.1 Å². The first kappa shape index (κ1) is 16.9. The van der Waals surface area contributed by atoms with E-state index in [9.17, 15) is 9.18 Å². The second kappa shape index (κ2) is 7.30. The molecule has 1 fully saturated rings. The largest absolute Gasteiger partial charge is 0.371 e. The van der Waals surface area contributed by atoms with Gasteiger partial charge >= 0.3 is 0 Å². The van der Waals surface area contributed by atoms with Crippen molar-refractivity contribution in [3.8, 4) is 0 Å². The third-order valence-corrected chi connectivity index (χ3v) is 4.44. The predicted molar refractivity (Wildman–Crippen MR) is 90.3 cm³/mol. The van der Waals surface area contributed by atoms with E-state index >= 15 is 0 Å². The monoisotopic (exact) mass is 348 g/mol. The summed E-state index contributed by atoms with van der Waals surface area (Å²) in [6.45, 7) is 0.939. The molecule has 6 heteroatoms. The molecule has 0 bridgehead atoms. The van der Waals surface area contributed by atoms with Crippen molar-refractivity contribution in [2.75, 3.05) is 6.61 Å². The lowest BCUT2D eigenvalue weighted by Crippen LogP contribution is -2.36. The van der Waals surface area contributed by atoms with Crippen molar-refractivity contribution in [3.05, 3.63) is 70.0 Å². The molecule has 3 N–H and O–H groups in total. The van der Waals surface area contributed by atoms with Crippen LogP contribution in [0.3, 0.4) is 0 Å². The first-order valence-electron chi connectivity index (χ1n) is 7.75. The van der Waals surface area contributed by atoms with Gasteiger partial charge in [-0.05, 0) is 41.8 Å². The quantitative estimate of drug-likeness (QED) is 0.891. The van der Waals surface area contributed by atoms with E-state index in [1.165, 1.54) is 12.1 Å². The fourth-order valence-corrected chi connectivity index (χ4v) is 2.92. The third-order valence-electron chi connectivity index (χ3n) is 4.13. The molecule has 2 aromatic rings. The summed E-state index contributed by atoms with van der Waals surface area (Å²) in [5, 5.41) is 3.03. The number of rotatable bonds is 4. The summed E-state index contributed by atoms with van der Waals surface area (Å²) >= 11 is 5.72. The molecule has 2 unspecified atom stereocenters. The smallest absolute Gasteiger partial charge is 0.251 e. The Balaban J connectivity index is 1.73. The number of halogens is 2. The Morgan fingerprint density at radius 3 is 2.71 bits per heavy atom. The standard InChI is InChI=1S/C18H18ClFN2O2/c19-14-6-5-13(9-15(14)20)17-16(7-8-24-17)22-18(23)12-3-1-11(10-21)2-4-12/h1-6,9,16-17H,7-8,10,21H2,(H,22,23). The van der Waals surface area contributed by atoms with Crippen molar-refractivity contribution in [1.82, 2.24) is 5.32 Å². The Morgan fingerprint density at radius 2 is 2.04 bits per heavy atom. The van der Waals surface area contributed by atoms with Gasteiger partial charge in [-0.2, -0.15) is 0 Å². The molecule has 0 spiro atoms. The molecule has 3 rings (SSSR count). The molecule has 1 saturated heterocycles. The number of nitrogens with two attached hydrogens (primary N) is 1. The second-order valence-corrected chi connectivity index (χ2v) is 6.14. The average molecular weight is 349 g/mol. The van der Waals surface area contributed by atoms with Gasteiger partial charge in [0.15, 0.2) is 0 Å². The highest BCUT2D eigenvalue weighted by molar-refractivity contribution is 6.30. The van der Waals surface area contributed by atoms with Gasteiger partial charge in [0, 0.05) is 18.7 Å². The zero-order chi connectivity index (χ0) is 17.1. The minimum atomic E-state index is -0.493. The predicted octanol–water partition coefficient (Wildman–Crippen LogP) is 3.20. The molecule has 4 nitrogen and oxygen atoms in total. The van der Waals surface area contributed by atoms with Gasteiger partial charge in [-0.25, -0.2) is 4.39 Å². The summed E-state index contributed by atoms with van der Waals surface area (Å²) in [5.41, 5.74) is 7.74.